The second-order valence-electron chi connectivity index (χ2n) is 5.03. The van der Waals surface area contributed by atoms with E-state index in [0.29, 0.717) is 28.9 Å². The van der Waals surface area contributed by atoms with E-state index in [1.807, 2.05) is 20.8 Å². The van der Waals surface area contributed by atoms with Crippen LogP contribution in [0.5, 0.6) is 0 Å². The summed E-state index contributed by atoms with van der Waals surface area (Å²) >= 11 is 5.96. The molecule has 0 aromatic carbocycles. The minimum Gasteiger partial charge on any atom is -0.425 e. The van der Waals surface area contributed by atoms with Crippen molar-refractivity contribution in [3.05, 3.63) is 34.8 Å². The molecule has 2 rings (SSSR count). The van der Waals surface area contributed by atoms with Crippen LogP contribution in [-0.2, 0) is 11.2 Å². The summed E-state index contributed by atoms with van der Waals surface area (Å²) in [5.74, 6) is 1.09. The third-order valence-electron chi connectivity index (χ3n) is 2.97. The molecule has 0 fully saturated rings. The first-order valence-corrected chi connectivity index (χ1v) is 7.07. The Morgan fingerprint density at radius 2 is 2.14 bits per heavy atom. The molecular formula is C14H17ClN4O2. The first-order valence-electron chi connectivity index (χ1n) is 6.69. The van der Waals surface area contributed by atoms with Crippen molar-refractivity contribution in [1.29, 1.82) is 0 Å². The van der Waals surface area contributed by atoms with E-state index in [4.69, 9.17) is 16.0 Å². The minimum atomic E-state index is -0.147. The van der Waals surface area contributed by atoms with Gasteiger partial charge in [0.1, 0.15) is 0 Å². The van der Waals surface area contributed by atoms with Gasteiger partial charge in [-0.2, -0.15) is 0 Å². The summed E-state index contributed by atoms with van der Waals surface area (Å²) < 4.78 is 5.45. The Hall–Kier alpha value is -1.95. The number of carbonyl (C=O) groups excluding carboxylic acids is 1. The Balaban J connectivity index is 1.91. The van der Waals surface area contributed by atoms with Crippen LogP contribution in [0.2, 0.25) is 5.02 Å². The number of nitrogens with one attached hydrogen (secondary N) is 1. The van der Waals surface area contributed by atoms with Crippen molar-refractivity contribution in [2.75, 3.05) is 5.32 Å². The molecule has 112 valence electrons. The van der Waals surface area contributed by atoms with Crippen molar-refractivity contribution >= 4 is 23.2 Å². The summed E-state index contributed by atoms with van der Waals surface area (Å²) in [6, 6.07) is 0. The fourth-order valence-corrected chi connectivity index (χ4v) is 1.82. The molecule has 0 atom stereocenters. The summed E-state index contributed by atoms with van der Waals surface area (Å²) in [5.41, 5.74) is 1.40. The Labute approximate surface area is 127 Å². The maximum Gasteiger partial charge on any atom is 0.224 e. The van der Waals surface area contributed by atoms with Gasteiger partial charge in [0.2, 0.25) is 17.7 Å². The summed E-state index contributed by atoms with van der Waals surface area (Å²) in [6.45, 7) is 5.77. The lowest BCUT2D eigenvalue weighted by Crippen LogP contribution is -2.13. The Morgan fingerprint density at radius 3 is 2.81 bits per heavy atom. The van der Waals surface area contributed by atoms with Crippen molar-refractivity contribution < 1.29 is 9.21 Å². The topological polar surface area (TPSA) is 80.9 Å². The highest BCUT2D eigenvalue weighted by Crippen LogP contribution is 2.21. The van der Waals surface area contributed by atoms with Crippen LogP contribution in [0.1, 0.15) is 43.5 Å². The van der Waals surface area contributed by atoms with Gasteiger partial charge >= 0.3 is 0 Å². The largest absolute Gasteiger partial charge is 0.425 e. The zero-order valence-corrected chi connectivity index (χ0v) is 12.9. The molecule has 0 saturated heterocycles. The molecule has 7 heteroatoms. The molecule has 1 N–H and O–H groups in total. The number of aryl methyl sites for hydroxylation is 1. The standard InChI is InChI=1S/C14H17ClN4O2/c1-8(2)14-19-18-13(21-14)5-4-12(20)17-11-7-16-6-10(15)9(11)3/h6-8H,4-5H2,1-3H3,(H,17,20). The van der Waals surface area contributed by atoms with Gasteiger partial charge in [-0.1, -0.05) is 25.4 Å². The zero-order valence-electron chi connectivity index (χ0n) is 12.2. The van der Waals surface area contributed by atoms with E-state index in [2.05, 4.69) is 20.5 Å². The molecule has 0 aliphatic heterocycles. The molecule has 0 saturated carbocycles. The predicted octanol–water partition coefficient (Wildman–Crippen LogP) is 3.12. The van der Waals surface area contributed by atoms with E-state index in [0.717, 1.165) is 5.56 Å². The van der Waals surface area contributed by atoms with Gasteiger partial charge in [0.05, 0.1) is 16.9 Å². The molecule has 2 heterocycles. The monoisotopic (exact) mass is 308 g/mol. The Bertz CT molecular complexity index is 640. The van der Waals surface area contributed by atoms with E-state index in [1.54, 1.807) is 12.4 Å². The number of pyridine rings is 1. The average Bonchev–Trinajstić information content (AvgIpc) is 2.91. The summed E-state index contributed by atoms with van der Waals surface area (Å²) in [7, 11) is 0. The summed E-state index contributed by atoms with van der Waals surface area (Å²) in [6.07, 6.45) is 3.77. The molecular weight excluding hydrogens is 292 g/mol. The van der Waals surface area contributed by atoms with Gasteiger partial charge in [0, 0.05) is 25.0 Å². The van der Waals surface area contributed by atoms with Gasteiger partial charge in [-0.3, -0.25) is 9.78 Å². The molecule has 0 spiro atoms. The van der Waals surface area contributed by atoms with Crippen molar-refractivity contribution in [2.24, 2.45) is 0 Å². The molecule has 1 amide bonds. The lowest BCUT2D eigenvalue weighted by Gasteiger charge is -2.08. The fourth-order valence-electron chi connectivity index (χ4n) is 1.66. The van der Waals surface area contributed by atoms with Crippen LogP contribution in [0.4, 0.5) is 5.69 Å². The minimum absolute atomic E-state index is 0.147. The van der Waals surface area contributed by atoms with Crippen LogP contribution >= 0.6 is 11.6 Å². The third kappa shape index (κ3) is 4.01. The van der Waals surface area contributed by atoms with Gasteiger partial charge in [-0.15, -0.1) is 10.2 Å². The molecule has 0 radical (unpaired) electrons. The van der Waals surface area contributed by atoms with Crippen LogP contribution in [0.25, 0.3) is 0 Å². The van der Waals surface area contributed by atoms with Crippen molar-refractivity contribution in [1.82, 2.24) is 15.2 Å². The lowest BCUT2D eigenvalue weighted by molar-refractivity contribution is -0.116. The quantitative estimate of drug-likeness (QED) is 0.917. The SMILES string of the molecule is Cc1c(Cl)cncc1NC(=O)CCc1nnc(C(C)C)o1. The van der Waals surface area contributed by atoms with Gasteiger partial charge in [0.15, 0.2) is 0 Å². The first kappa shape index (κ1) is 15.4. The molecule has 0 unspecified atom stereocenters. The summed E-state index contributed by atoms with van der Waals surface area (Å²) in [5, 5.41) is 11.1. The molecule has 0 bridgehead atoms. The highest BCUT2D eigenvalue weighted by molar-refractivity contribution is 6.31. The van der Waals surface area contributed by atoms with Crippen molar-refractivity contribution in [3.63, 3.8) is 0 Å². The number of aromatic nitrogens is 3. The molecule has 6 nitrogen and oxygen atoms in total. The fraction of sp³-hybridized carbons (Fsp3) is 0.429. The molecule has 0 aliphatic carbocycles. The van der Waals surface area contributed by atoms with E-state index in [1.165, 1.54) is 0 Å². The Kier molecular flexibility index (Phi) is 4.90. The van der Waals surface area contributed by atoms with Crippen molar-refractivity contribution in [3.8, 4) is 0 Å². The van der Waals surface area contributed by atoms with Crippen LogP contribution in [-0.4, -0.2) is 21.1 Å². The van der Waals surface area contributed by atoms with E-state index in [-0.39, 0.29) is 18.2 Å². The summed E-state index contributed by atoms with van der Waals surface area (Å²) in [4.78, 5) is 15.9. The third-order valence-corrected chi connectivity index (χ3v) is 3.35. The lowest BCUT2D eigenvalue weighted by atomic mass is 10.2. The highest BCUT2D eigenvalue weighted by Gasteiger charge is 2.12. The predicted molar refractivity (Wildman–Crippen MR) is 79.3 cm³/mol. The highest BCUT2D eigenvalue weighted by atomic mass is 35.5. The molecule has 0 aliphatic rings. The second-order valence-corrected chi connectivity index (χ2v) is 5.44. The van der Waals surface area contributed by atoms with Gasteiger partial charge in [0.25, 0.3) is 0 Å². The number of nitrogens with zero attached hydrogens (tertiary/aromatic N) is 3. The van der Waals surface area contributed by atoms with Crippen LogP contribution in [0.15, 0.2) is 16.8 Å². The smallest absolute Gasteiger partial charge is 0.224 e. The van der Waals surface area contributed by atoms with Crippen LogP contribution in [0.3, 0.4) is 0 Å². The van der Waals surface area contributed by atoms with Gasteiger partial charge in [-0.05, 0) is 12.5 Å². The maximum absolute atomic E-state index is 11.9. The van der Waals surface area contributed by atoms with E-state index >= 15 is 0 Å². The van der Waals surface area contributed by atoms with E-state index < -0.39 is 0 Å². The van der Waals surface area contributed by atoms with Crippen LogP contribution in [0, 0.1) is 6.92 Å². The number of anilines is 1. The van der Waals surface area contributed by atoms with Gasteiger partial charge in [-0.25, -0.2) is 0 Å². The average molecular weight is 309 g/mol. The molecule has 21 heavy (non-hydrogen) atoms. The van der Waals surface area contributed by atoms with E-state index in [9.17, 15) is 4.79 Å². The first-order chi connectivity index (χ1) is 9.97. The molecule has 2 aromatic heterocycles. The zero-order chi connectivity index (χ0) is 15.4. The number of halogens is 1. The number of hydrogen-bond donors (Lipinski definition) is 1. The number of rotatable bonds is 5. The van der Waals surface area contributed by atoms with Crippen molar-refractivity contribution in [2.45, 2.75) is 39.5 Å². The number of carbonyl (C=O) groups is 1. The number of amides is 1. The number of hydrogen-bond acceptors (Lipinski definition) is 5. The molecule has 2 aromatic rings. The normalized spacial score (nSPS) is 10.9. The van der Waals surface area contributed by atoms with Gasteiger partial charge < -0.3 is 9.73 Å². The Morgan fingerprint density at radius 1 is 1.38 bits per heavy atom. The maximum atomic E-state index is 11.9. The van der Waals surface area contributed by atoms with Crippen LogP contribution < -0.4 is 5.32 Å². The second kappa shape index (κ2) is 6.67.